The highest BCUT2D eigenvalue weighted by atomic mass is 127. The zero-order valence-electron chi connectivity index (χ0n) is 19.3. The second-order valence-corrected chi connectivity index (χ2v) is 11.8. The molecular formula is C32H28I2. The Morgan fingerprint density at radius 3 is 1.26 bits per heavy atom. The molecule has 4 aromatic rings. The van der Waals surface area contributed by atoms with Crippen LogP contribution < -0.4 is 0 Å². The number of aryl methyl sites for hydroxylation is 2. The summed E-state index contributed by atoms with van der Waals surface area (Å²) >= 11 is 5.34. The van der Waals surface area contributed by atoms with Crippen LogP contribution in [-0.2, 0) is 25.7 Å². The summed E-state index contributed by atoms with van der Waals surface area (Å²) in [6.45, 7) is 0. The molecule has 0 aliphatic heterocycles. The fraction of sp³-hybridized carbons (Fsp3) is 0.250. The SMILES string of the molecule is Ic1c(-c2ccccc2)cc2c(c1-c1c(I)c(-c3ccccc3)cc3c1CCCC3)CCCC2. The molecule has 0 fully saturated rings. The highest BCUT2D eigenvalue weighted by Crippen LogP contribution is 2.47. The smallest absolute Gasteiger partial charge is 0.0290 e. The molecule has 34 heavy (non-hydrogen) atoms. The molecule has 2 aliphatic carbocycles. The Balaban J connectivity index is 1.69. The Labute approximate surface area is 230 Å². The van der Waals surface area contributed by atoms with E-state index in [-0.39, 0.29) is 0 Å². The minimum absolute atomic E-state index is 1.20. The van der Waals surface area contributed by atoms with E-state index in [0.717, 1.165) is 0 Å². The lowest BCUT2D eigenvalue weighted by atomic mass is 9.78. The van der Waals surface area contributed by atoms with Gasteiger partial charge in [-0.05, 0) is 153 Å². The van der Waals surface area contributed by atoms with E-state index in [1.54, 1.807) is 22.3 Å². The number of benzene rings is 4. The van der Waals surface area contributed by atoms with E-state index in [0.29, 0.717) is 0 Å². The summed E-state index contributed by atoms with van der Waals surface area (Å²) < 4.78 is 2.86. The van der Waals surface area contributed by atoms with Gasteiger partial charge in [0.25, 0.3) is 0 Å². The third-order valence-corrected chi connectivity index (χ3v) is 9.83. The number of halogens is 2. The molecule has 0 aromatic heterocycles. The highest BCUT2D eigenvalue weighted by molar-refractivity contribution is 14.1. The van der Waals surface area contributed by atoms with Gasteiger partial charge in [-0.2, -0.15) is 0 Å². The maximum Gasteiger partial charge on any atom is 0.0290 e. The van der Waals surface area contributed by atoms with Crippen LogP contribution in [0.2, 0.25) is 0 Å². The minimum atomic E-state index is 1.20. The van der Waals surface area contributed by atoms with E-state index in [4.69, 9.17) is 0 Å². The Morgan fingerprint density at radius 2 is 0.853 bits per heavy atom. The normalized spacial score (nSPS) is 15.0. The fourth-order valence-electron chi connectivity index (χ4n) is 5.93. The maximum absolute atomic E-state index is 2.67. The molecule has 2 heteroatoms. The van der Waals surface area contributed by atoms with Crippen LogP contribution in [0.1, 0.15) is 47.9 Å². The van der Waals surface area contributed by atoms with Crippen molar-refractivity contribution in [1.29, 1.82) is 0 Å². The van der Waals surface area contributed by atoms with Crippen molar-refractivity contribution in [3.63, 3.8) is 0 Å². The van der Waals surface area contributed by atoms with E-state index in [1.165, 1.54) is 91.9 Å². The van der Waals surface area contributed by atoms with Gasteiger partial charge in [-0.1, -0.05) is 60.7 Å². The highest BCUT2D eigenvalue weighted by Gasteiger charge is 2.27. The van der Waals surface area contributed by atoms with Gasteiger partial charge in [0.1, 0.15) is 0 Å². The van der Waals surface area contributed by atoms with Crippen molar-refractivity contribution in [2.45, 2.75) is 51.4 Å². The summed E-state index contributed by atoms with van der Waals surface area (Å²) in [6.07, 6.45) is 10.0. The number of rotatable bonds is 3. The van der Waals surface area contributed by atoms with Crippen LogP contribution in [0.25, 0.3) is 33.4 Å². The van der Waals surface area contributed by atoms with Crippen molar-refractivity contribution < 1.29 is 0 Å². The van der Waals surface area contributed by atoms with Gasteiger partial charge < -0.3 is 0 Å². The lowest BCUT2D eigenvalue weighted by molar-refractivity contribution is 0.681. The first kappa shape index (κ1) is 22.8. The Bertz CT molecular complexity index is 1250. The largest absolute Gasteiger partial charge is 0.0622 e. The van der Waals surface area contributed by atoms with Gasteiger partial charge in [-0.3, -0.25) is 0 Å². The number of fused-ring (bicyclic) bond motifs is 2. The molecule has 0 atom stereocenters. The predicted octanol–water partition coefficient (Wildman–Crippen LogP) is 9.65. The van der Waals surface area contributed by atoms with Crippen LogP contribution >= 0.6 is 45.2 Å². The van der Waals surface area contributed by atoms with E-state index in [1.807, 2.05) is 0 Å². The van der Waals surface area contributed by atoms with Crippen LogP contribution in [0, 0.1) is 7.14 Å². The third kappa shape index (κ3) is 4.05. The van der Waals surface area contributed by atoms with Crippen LogP contribution in [-0.4, -0.2) is 0 Å². The summed E-state index contributed by atoms with van der Waals surface area (Å²) in [4.78, 5) is 0. The van der Waals surface area contributed by atoms with E-state index >= 15 is 0 Å². The fourth-order valence-corrected chi connectivity index (χ4v) is 8.06. The zero-order chi connectivity index (χ0) is 23.1. The van der Waals surface area contributed by atoms with Crippen molar-refractivity contribution >= 4 is 45.2 Å². The van der Waals surface area contributed by atoms with E-state index in [9.17, 15) is 0 Å². The second-order valence-electron chi connectivity index (χ2n) is 9.65. The third-order valence-electron chi connectivity index (χ3n) is 7.59. The molecule has 4 aromatic carbocycles. The lowest BCUT2D eigenvalue weighted by Gasteiger charge is -2.29. The van der Waals surface area contributed by atoms with Crippen LogP contribution in [0.15, 0.2) is 72.8 Å². The van der Waals surface area contributed by atoms with Crippen molar-refractivity contribution in [2.24, 2.45) is 0 Å². The van der Waals surface area contributed by atoms with Gasteiger partial charge in [-0.15, -0.1) is 0 Å². The average Bonchev–Trinajstić information content (AvgIpc) is 2.90. The second kappa shape index (κ2) is 9.77. The molecule has 0 heterocycles. The molecule has 0 saturated carbocycles. The van der Waals surface area contributed by atoms with Gasteiger partial charge >= 0.3 is 0 Å². The van der Waals surface area contributed by atoms with E-state index < -0.39 is 0 Å². The number of hydrogen-bond donors (Lipinski definition) is 0. The maximum atomic E-state index is 2.67. The molecule has 0 radical (unpaired) electrons. The molecule has 6 rings (SSSR count). The number of hydrogen-bond acceptors (Lipinski definition) is 0. The lowest BCUT2D eigenvalue weighted by Crippen LogP contribution is -2.12. The minimum Gasteiger partial charge on any atom is -0.0622 e. The van der Waals surface area contributed by atoms with E-state index in [2.05, 4.69) is 118 Å². The van der Waals surface area contributed by atoms with Gasteiger partial charge in [0.2, 0.25) is 0 Å². The average molecular weight is 666 g/mol. The first-order valence-corrected chi connectivity index (χ1v) is 14.7. The zero-order valence-corrected chi connectivity index (χ0v) is 23.7. The van der Waals surface area contributed by atoms with Gasteiger partial charge in [0, 0.05) is 18.3 Å². The molecule has 0 N–H and O–H groups in total. The van der Waals surface area contributed by atoms with Crippen LogP contribution in [0.5, 0.6) is 0 Å². The first-order valence-electron chi connectivity index (χ1n) is 12.5. The Morgan fingerprint density at radius 1 is 0.471 bits per heavy atom. The summed E-state index contributed by atoms with van der Waals surface area (Å²) in [5.74, 6) is 0. The molecule has 0 nitrogen and oxygen atoms in total. The molecular weight excluding hydrogens is 638 g/mol. The topological polar surface area (TPSA) is 0 Å². The quantitative estimate of drug-likeness (QED) is 0.191. The standard InChI is InChI=1S/C32H28I2/c33-31-27(21-11-3-1-4-12-21)19-23-15-7-9-17-25(23)29(31)30-26-18-10-8-16-24(26)20-28(32(30)34)22-13-5-2-6-14-22/h1-6,11-14,19-20H,7-10,15-18H2. The summed E-state index contributed by atoms with van der Waals surface area (Å²) in [6, 6.07) is 27.1. The van der Waals surface area contributed by atoms with Gasteiger partial charge in [0.15, 0.2) is 0 Å². The Hall–Kier alpha value is -1.66. The summed E-state index contributed by atoms with van der Waals surface area (Å²) in [5, 5.41) is 0. The first-order chi connectivity index (χ1) is 16.7. The molecule has 0 saturated heterocycles. The molecule has 0 amide bonds. The molecule has 0 spiro atoms. The van der Waals surface area contributed by atoms with Gasteiger partial charge in [0.05, 0.1) is 0 Å². The molecule has 2 aliphatic rings. The summed E-state index contributed by atoms with van der Waals surface area (Å²) in [7, 11) is 0. The van der Waals surface area contributed by atoms with Gasteiger partial charge in [-0.25, -0.2) is 0 Å². The van der Waals surface area contributed by atoms with Crippen LogP contribution in [0.3, 0.4) is 0 Å². The summed E-state index contributed by atoms with van der Waals surface area (Å²) in [5.41, 5.74) is 14.9. The predicted molar refractivity (Wildman–Crippen MR) is 161 cm³/mol. The Kier molecular flexibility index (Phi) is 6.55. The monoisotopic (exact) mass is 666 g/mol. The van der Waals surface area contributed by atoms with Crippen molar-refractivity contribution in [2.75, 3.05) is 0 Å². The van der Waals surface area contributed by atoms with Crippen LogP contribution in [0.4, 0.5) is 0 Å². The molecule has 0 bridgehead atoms. The molecule has 0 unspecified atom stereocenters. The molecule has 170 valence electrons. The van der Waals surface area contributed by atoms with Crippen molar-refractivity contribution in [3.8, 4) is 33.4 Å². The van der Waals surface area contributed by atoms with Crippen molar-refractivity contribution in [1.82, 2.24) is 0 Å². The van der Waals surface area contributed by atoms with Crippen molar-refractivity contribution in [3.05, 3.63) is 102 Å².